The molecule has 0 bridgehead atoms. The monoisotopic (exact) mass is 264 g/mol. The van der Waals surface area contributed by atoms with Gasteiger partial charge in [0.2, 0.25) is 5.95 Å². The Morgan fingerprint density at radius 3 is 2.95 bits per heavy atom. The number of urea groups is 1. The minimum Gasteiger partial charge on any atom is -0.368 e. The number of nitrogens with two attached hydrogens (primary N) is 1. The SMILES string of the molecule is CCNc1nc(NCCNC(N)=O)c2cn[nH]c2n1. The van der Waals surface area contributed by atoms with Gasteiger partial charge in [0.15, 0.2) is 5.65 Å². The average molecular weight is 264 g/mol. The fraction of sp³-hybridized carbons (Fsp3) is 0.400. The maximum Gasteiger partial charge on any atom is 0.312 e. The van der Waals surface area contributed by atoms with E-state index in [1.807, 2.05) is 6.92 Å². The van der Waals surface area contributed by atoms with Crippen molar-refractivity contribution in [1.29, 1.82) is 0 Å². The molecule has 0 saturated heterocycles. The summed E-state index contributed by atoms with van der Waals surface area (Å²) in [5.74, 6) is 1.17. The van der Waals surface area contributed by atoms with Crippen LogP contribution < -0.4 is 21.7 Å². The molecule has 0 aliphatic heterocycles. The van der Waals surface area contributed by atoms with Gasteiger partial charge in [-0.2, -0.15) is 15.1 Å². The van der Waals surface area contributed by atoms with Crippen molar-refractivity contribution in [2.45, 2.75) is 6.92 Å². The number of fused-ring (bicyclic) bond motifs is 1. The van der Waals surface area contributed by atoms with Crippen LogP contribution in [0.15, 0.2) is 6.20 Å². The number of anilines is 2. The lowest BCUT2D eigenvalue weighted by molar-refractivity contribution is 0.249. The molecule has 0 unspecified atom stereocenters. The number of aromatic nitrogens is 4. The Labute approximate surface area is 109 Å². The zero-order valence-electron chi connectivity index (χ0n) is 10.5. The van der Waals surface area contributed by atoms with Crippen molar-refractivity contribution in [2.75, 3.05) is 30.3 Å². The molecule has 2 rings (SSSR count). The van der Waals surface area contributed by atoms with Gasteiger partial charge in [-0.15, -0.1) is 0 Å². The maximum atomic E-state index is 10.6. The summed E-state index contributed by atoms with van der Waals surface area (Å²) in [4.78, 5) is 19.2. The number of nitrogens with zero attached hydrogens (tertiary/aromatic N) is 3. The first-order valence-corrected chi connectivity index (χ1v) is 5.93. The summed E-state index contributed by atoms with van der Waals surface area (Å²) in [6, 6.07) is -0.550. The molecule has 102 valence electrons. The highest BCUT2D eigenvalue weighted by Gasteiger charge is 2.08. The van der Waals surface area contributed by atoms with Crippen LogP contribution in [0.5, 0.6) is 0 Å². The first kappa shape index (κ1) is 12.9. The van der Waals surface area contributed by atoms with E-state index in [9.17, 15) is 4.79 Å². The van der Waals surface area contributed by atoms with Crippen LogP contribution in [-0.2, 0) is 0 Å². The Balaban J connectivity index is 2.11. The van der Waals surface area contributed by atoms with Crippen LogP contribution in [0.3, 0.4) is 0 Å². The Morgan fingerprint density at radius 2 is 2.21 bits per heavy atom. The number of H-pyrrole nitrogens is 1. The van der Waals surface area contributed by atoms with Crippen molar-refractivity contribution in [2.24, 2.45) is 5.73 Å². The fourth-order valence-electron chi connectivity index (χ4n) is 1.57. The maximum absolute atomic E-state index is 10.6. The number of nitrogens with one attached hydrogen (secondary N) is 4. The van der Waals surface area contributed by atoms with Crippen molar-refractivity contribution in [3.05, 3.63) is 6.20 Å². The van der Waals surface area contributed by atoms with Gasteiger partial charge in [0, 0.05) is 19.6 Å². The molecule has 0 atom stereocenters. The zero-order valence-corrected chi connectivity index (χ0v) is 10.5. The number of aromatic amines is 1. The molecule has 0 fully saturated rings. The normalized spacial score (nSPS) is 10.4. The summed E-state index contributed by atoms with van der Waals surface area (Å²) in [6.45, 7) is 3.60. The second-order valence-electron chi connectivity index (χ2n) is 3.78. The molecule has 0 radical (unpaired) electrons. The summed E-state index contributed by atoms with van der Waals surface area (Å²) in [5, 5.41) is 16.2. The Bertz CT molecular complexity index is 566. The van der Waals surface area contributed by atoms with Gasteiger partial charge in [-0.25, -0.2) is 4.79 Å². The van der Waals surface area contributed by atoms with Crippen molar-refractivity contribution < 1.29 is 4.79 Å². The molecule has 2 heterocycles. The number of rotatable bonds is 6. The topological polar surface area (TPSA) is 134 Å². The van der Waals surface area contributed by atoms with Gasteiger partial charge in [-0.3, -0.25) is 5.10 Å². The summed E-state index contributed by atoms with van der Waals surface area (Å²) in [5.41, 5.74) is 5.63. The molecule has 0 aromatic carbocycles. The third-order valence-electron chi connectivity index (χ3n) is 2.36. The fourth-order valence-corrected chi connectivity index (χ4v) is 1.57. The van der Waals surface area contributed by atoms with Crippen molar-refractivity contribution in [3.63, 3.8) is 0 Å². The van der Waals surface area contributed by atoms with Crippen molar-refractivity contribution in [1.82, 2.24) is 25.5 Å². The second-order valence-corrected chi connectivity index (χ2v) is 3.78. The van der Waals surface area contributed by atoms with Gasteiger partial charge in [-0.1, -0.05) is 0 Å². The van der Waals surface area contributed by atoms with E-state index < -0.39 is 6.03 Å². The van der Waals surface area contributed by atoms with E-state index in [4.69, 9.17) is 5.73 Å². The number of carbonyl (C=O) groups excluding carboxylic acids is 1. The summed E-state index contributed by atoms with van der Waals surface area (Å²) >= 11 is 0. The molecule has 0 aliphatic rings. The van der Waals surface area contributed by atoms with Gasteiger partial charge in [-0.05, 0) is 6.92 Å². The summed E-state index contributed by atoms with van der Waals surface area (Å²) < 4.78 is 0. The molecule has 2 aromatic rings. The quantitative estimate of drug-likeness (QED) is 0.461. The Hall–Kier alpha value is -2.58. The molecule has 9 heteroatoms. The van der Waals surface area contributed by atoms with Gasteiger partial charge in [0.05, 0.1) is 11.6 Å². The lowest BCUT2D eigenvalue weighted by Gasteiger charge is -2.08. The third kappa shape index (κ3) is 3.21. The van der Waals surface area contributed by atoms with Crippen molar-refractivity contribution in [3.8, 4) is 0 Å². The van der Waals surface area contributed by atoms with Gasteiger partial charge in [0.25, 0.3) is 0 Å². The molecule has 0 aliphatic carbocycles. The minimum absolute atomic E-state index is 0.412. The molecule has 2 aromatic heterocycles. The number of amides is 2. The molecule has 19 heavy (non-hydrogen) atoms. The molecular formula is C10H16N8O. The number of carbonyl (C=O) groups is 1. The molecule has 0 saturated carbocycles. The first-order valence-electron chi connectivity index (χ1n) is 5.93. The molecule has 2 amide bonds. The first-order chi connectivity index (χ1) is 9.20. The molecular weight excluding hydrogens is 248 g/mol. The van der Waals surface area contributed by atoms with Crippen LogP contribution in [0.4, 0.5) is 16.6 Å². The zero-order chi connectivity index (χ0) is 13.7. The van der Waals surface area contributed by atoms with Gasteiger partial charge in [0.1, 0.15) is 5.82 Å². The van der Waals surface area contributed by atoms with E-state index >= 15 is 0 Å². The highest BCUT2D eigenvalue weighted by molar-refractivity contribution is 5.86. The molecule has 6 N–H and O–H groups in total. The van der Waals surface area contributed by atoms with E-state index in [0.29, 0.717) is 30.5 Å². The molecule has 0 spiro atoms. The lowest BCUT2D eigenvalue weighted by Crippen LogP contribution is -2.33. The number of hydrogen-bond donors (Lipinski definition) is 5. The van der Waals surface area contributed by atoms with Crippen LogP contribution in [-0.4, -0.2) is 45.8 Å². The van der Waals surface area contributed by atoms with Crippen LogP contribution in [0, 0.1) is 0 Å². The van der Waals surface area contributed by atoms with E-state index in [1.165, 1.54) is 0 Å². The van der Waals surface area contributed by atoms with Crippen LogP contribution in [0.2, 0.25) is 0 Å². The summed E-state index contributed by atoms with van der Waals surface area (Å²) in [6.07, 6.45) is 1.65. The van der Waals surface area contributed by atoms with E-state index in [2.05, 4.69) is 36.1 Å². The van der Waals surface area contributed by atoms with Crippen LogP contribution in [0.25, 0.3) is 11.0 Å². The van der Waals surface area contributed by atoms with Crippen molar-refractivity contribution >= 4 is 28.8 Å². The van der Waals surface area contributed by atoms with E-state index in [1.54, 1.807) is 6.20 Å². The largest absolute Gasteiger partial charge is 0.368 e. The van der Waals surface area contributed by atoms with Crippen LogP contribution >= 0.6 is 0 Å². The highest BCUT2D eigenvalue weighted by Crippen LogP contribution is 2.19. The average Bonchev–Trinajstić information content (AvgIpc) is 2.83. The molecule has 9 nitrogen and oxygen atoms in total. The summed E-state index contributed by atoms with van der Waals surface area (Å²) in [7, 11) is 0. The van der Waals surface area contributed by atoms with Crippen LogP contribution in [0.1, 0.15) is 6.92 Å². The van der Waals surface area contributed by atoms with Gasteiger partial charge >= 0.3 is 6.03 Å². The predicted octanol–water partition coefficient (Wildman–Crippen LogP) is -0.135. The predicted molar refractivity (Wildman–Crippen MR) is 71.9 cm³/mol. The minimum atomic E-state index is -0.550. The van der Waals surface area contributed by atoms with Gasteiger partial charge < -0.3 is 21.7 Å². The lowest BCUT2D eigenvalue weighted by atomic mass is 10.4. The standard InChI is InChI=1S/C10H16N8O/c1-2-12-10-16-7(13-3-4-14-9(11)19)6-5-15-18-8(6)17-10/h5H,2-4H2,1H3,(H3,11,14,19)(H3,12,13,15,16,17,18). The number of hydrogen-bond acceptors (Lipinski definition) is 6. The second kappa shape index (κ2) is 5.85. The van der Waals surface area contributed by atoms with E-state index in [0.717, 1.165) is 11.9 Å². The smallest absolute Gasteiger partial charge is 0.312 e. The Morgan fingerprint density at radius 1 is 1.37 bits per heavy atom. The number of primary amides is 1. The Kier molecular flexibility index (Phi) is 3.96. The van der Waals surface area contributed by atoms with E-state index in [-0.39, 0.29) is 0 Å². The highest BCUT2D eigenvalue weighted by atomic mass is 16.2. The third-order valence-corrected chi connectivity index (χ3v) is 2.36.